The van der Waals surface area contributed by atoms with E-state index in [9.17, 15) is 10.1 Å². The summed E-state index contributed by atoms with van der Waals surface area (Å²) in [5.41, 5.74) is 2.79. The number of thiazole rings is 1. The van der Waals surface area contributed by atoms with Crippen LogP contribution in [-0.2, 0) is 13.6 Å². The fourth-order valence-electron chi connectivity index (χ4n) is 2.75. The minimum absolute atomic E-state index is 0.0543. The summed E-state index contributed by atoms with van der Waals surface area (Å²) >= 11 is 1.36. The third-order valence-electron chi connectivity index (χ3n) is 3.81. The minimum atomic E-state index is -0.420. The fourth-order valence-corrected chi connectivity index (χ4v) is 3.46. The molecule has 1 N–H and O–H groups in total. The molecular weight excluding hydrogens is 340 g/mol. The number of aryl methyl sites for hydroxylation is 1. The zero-order valence-corrected chi connectivity index (χ0v) is 14.1. The maximum atomic E-state index is 11.4. The van der Waals surface area contributed by atoms with Gasteiger partial charge in [0.2, 0.25) is 5.82 Å². The molecule has 0 aliphatic carbocycles. The van der Waals surface area contributed by atoms with Crippen molar-refractivity contribution < 1.29 is 4.92 Å². The van der Waals surface area contributed by atoms with Crippen LogP contribution in [0.3, 0.4) is 0 Å². The average molecular weight is 354 g/mol. The summed E-state index contributed by atoms with van der Waals surface area (Å²) in [5.74, 6) is 0.209. The summed E-state index contributed by atoms with van der Waals surface area (Å²) in [4.78, 5) is 15.9. The maximum Gasteiger partial charge on any atom is 0.372 e. The van der Waals surface area contributed by atoms with Crippen molar-refractivity contribution in [1.29, 1.82) is 0 Å². The van der Waals surface area contributed by atoms with Crippen molar-refractivity contribution in [2.45, 2.75) is 6.54 Å². The summed E-state index contributed by atoms with van der Waals surface area (Å²) in [6, 6.07) is 9.83. The standard InChI is InChI=1S/C16H14N6O2S/c1-20-10-12(13(19-20)11-5-3-2-4-6-11)9-17-14-15(22(23)24)21-7-8-25-16(21)18-14/h2-8,10,17H,9H2,1H3. The Kier molecular flexibility index (Phi) is 3.69. The lowest BCUT2D eigenvalue weighted by molar-refractivity contribution is -0.389. The number of nitro groups is 1. The number of rotatable bonds is 5. The molecule has 9 heteroatoms. The Labute approximate surface area is 146 Å². The van der Waals surface area contributed by atoms with E-state index in [1.54, 1.807) is 16.3 Å². The van der Waals surface area contributed by atoms with Crippen LogP contribution in [-0.4, -0.2) is 24.1 Å². The van der Waals surface area contributed by atoms with E-state index in [1.807, 2.05) is 43.6 Å². The predicted molar refractivity (Wildman–Crippen MR) is 95.7 cm³/mol. The van der Waals surface area contributed by atoms with E-state index in [1.165, 1.54) is 15.7 Å². The molecule has 0 radical (unpaired) electrons. The van der Waals surface area contributed by atoms with Crippen molar-refractivity contribution in [2.24, 2.45) is 7.05 Å². The molecule has 0 atom stereocenters. The zero-order chi connectivity index (χ0) is 17.4. The Morgan fingerprint density at radius 1 is 1.32 bits per heavy atom. The van der Waals surface area contributed by atoms with E-state index >= 15 is 0 Å². The van der Waals surface area contributed by atoms with Gasteiger partial charge in [-0.15, -0.1) is 0 Å². The highest BCUT2D eigenvalue weighted by atomic mass is 32.1. The van der Waals surface area contributed by atoms with Crippen molar-refractivity contribution >= 4 is 27.9 Å². The molecule has 0 spiro atoms. The predicted octanol–water partition coefficient (Wildman–Crippen LogP) is 3.32. The summed E-state index contributed by atoms with van der Waals surface area (Å²) < 4.78 is 3.22. The molecule has 25 heavy (non-hydrogen) atoms. The molecule has 3 aromatic heterocycles. The highest BCUT2D eigenvalue weighted by Crippen LogP contribution is 2.29. The quantitative estimate of drug-likeness (QED) is 0.438. The van der Waals surface area contributed by atoms with E-state index < -0.39 is 4.92 Å². The highest BCUT2D eigenvalue weighted by Gasteiger charge is 2.23. The second-order valence-electron chi connectivity index (χ2n) is 5.49. The lowest BCUT2D eigenvalue weighted by atomic mass is 10.1. The third kappa shape index (κ3) is 2.74. The van der Waals surface area contributed by atoms with E-state index in [-0.39, 0.29) is 11.6 Å². The minimum Gasteiger partial charge on any atom is -0.359 e. The summed E-state index contributed by atoms with van der Waals surface area (Å²) in [6.45, 7) is 0.393. The maximum absolute atomic E-state index is 11.4. The molecule has 0 unspecified atom stereocenters. The van der Waals surface area contributed by atoms with Crippen LogP contribution in [0.15, 0.2) is 48.1 Å². The third-order valence-corrected chi connectivity index (χ3v) is 4.56. The van der Waals surface area contributed by atoms with E-state index in [0.717, 1.165) is 16.8 Å². The zero-order valence-electron chi connectivity index (χ0n) is 13.3. The molecule has 4 aromatic rings. The Balaban J connectivity index is 1.66. The molecule has 0 amide bonds. The number of benzene rings is 1. The van der Waals surface area contributed by atoms with Crippen LogP contribution in [0.25, 0.3) is 16.2 Å². The second kappa shape index (κ2) is 6.02. The number of imidazole rings is 1. The van der Waals surface area contributed by atoms with Gasteiger partial charge in [-0.2, -0.15) is 14.5 Å². The van der Waals surface area contributed by atoms with Gasteiger partial charge in [0.15, 0.2) is 0 Å². The largest absolute Gasteiger partial charge is 0.372 e. The molecule has 0 saturated carbocycles. The van der Waals surface area contributed by atoms with Gasteiger partial charge in [0, 0.05) is 36.3 Å². The molecule has 0 bridgehead atoms. The van der Waals surface area contributed by atoms with Crippen molar-refractivity contribution in [2.75, 3.05) is 5.32 Å². The van der Waals surface area contributed by atoms with Gasteiger partial charge in [0.05, 0.1) is 5.69 Å². The molecule has 4 rings (SSSR count). The van der Waals surface area contributed by atoms with E-state index in [4.69, 9.17) is 0 Å². The first-order chi connectivity index (χ1) is 12.1. The molecule has 0 fully saturated rings. The first-order valence-electron chi connectivity index (χ1n) is 7.55. The van der Waals surface area contributed by atoms with Crippen LogP contribution in [0, 0.1) is 10.1 Å². The van der Waals surface area contributed by atoms with Crippen LogP contribution in [0.2, 0.25) is 0 Å². The Morgan fingerprint density at radius 2 is 2.12 bits per heavy atom. The van der Waals surface area contributed by atoms with Gasteiger partial charge in [-0.1, -0.05) is 41.7 Å². The number of hydrogen-bond acceptors (Lipinski definition) is 6. The van der Waals surface area contributed by atoms with Gasteiger partial charge < -0.3 is 15.4 Å². The van der Waals surface area contributed by atoms with Crippen LogP contribution in [0.4, 0.5) is 11.6 Å². The number of anilines is 1. The summed E-state index contributed by atoms with van der Waals surface area (Å²) in [7, 11) is 1.85. The van der Waals surface area contributed by atoms with Crippen molar-refractivity contribution in [3.63, 3.8) is 0 Å². The Morgan fingerprint density at radius 3 is 2.88 bits per heavy atom. The van der Waals surface area contributed by atoms with Crippen molar-refractivity contribution in [1.82, 2.24) is 19.2 Å². The van der Waals surface area contributed by atoms with E-state index in [0.29, 0.717) is 11.5 Å². The van der Waals surface area contributed by atoms with Gasteiger partial charge in [-0.05, 0) is 4.92 Å². The van der Waals surface area contributed by atoms with Gasteiger partial charge >= 0.3 is 5.82 Å². The number of hydrogen-bond donors (Lipinski definition) is 1. The van der Waals surface area contributed by atoms with Gasteiger partial charge in [-0.25, -0.2) is 0 Å². The Bertz CT molecular complexity index is 1050. The second-order valence-corrected chi connectivity index (χ2v) is 6.37. The lowest BCUT2D eigenvalue weighted by Gasteiger charge is -2.04. The van der Waals surface area contributed by atoms with Crippen molar-refractivity contribution in [3.05, 3.63) is 63.8 Å². The molecule has 0 saturated heterocycles. The molecule has 0 aliphatic heterocycles. The highest BCUT2D eigenvalue weighted by molar-refractivity contribution is 7.15. The molecule has 1 aromatic carbocycles. The number of nitrogens with zero attached hydrogens (tertiary/aromatic N) is 5. The van der Waals surface area contributed by atoms with Crippen LogP contribution < -0.4 is 5.32 Å². The molecule has 3 heterocycles. The van der Waals surface area contributed by atoms with Crippen LogP contribution in [0.1, 0.15) is 5.56 Å². The van der Waals surface area contributed by atoms with Gasteiger partial charge in [0.1, 0.15) is 6.20 Å². The Hall–Kier alpha value is -3.20. The normalized spacial score (nSPS) is 11.1. The van der Waals surface area contributed by atoms with Gasteiger partial charge in [0.25, 0.3) is 4.96 Å². The number of fused-ring (bicyclic) bond motifs is 1. The number of nitrogens with one attached hydrogen (secondary N) is 1. The van der Waals surface area contributed by atoms with E-state index in [2.05, 4.69) is 15.4 Å². The first-order valence-corrected chi connectivity index (χ1v) is 8.43. The van der Waals surface area contributed by atoms with Crippen LogP contribution >= 0.6 is 11.3 Å². The number of aromatic nitrogens is 4. The monoisotopic (exact) mass is 354 g/mol. The average Bonchev–Trinajstić information content (AvgIpc) is 3.27. The van der Waals surface area contributed by atoms with Gasteiger partial charge in [-0.3, -0.25) is 4.68 Å². The van der Waals surface area contributed by atoms with Crippen molar-refractivity contribution in [3.8, 4) is 11.3 Å². The summed E-state index contributed by atoms with van der Waals surface area (Å²) in [6.07, 6.45) is 3.55. The molecule has 0 aliphatic rings. The summed E-state index contributed by atoms with van der Waals surface area (Å²) in [5, 5.41) is 20.8. The topological polar surface area (TPSA) is 90.3 Å². The molecule has 126 valence electrons. The smallest absolute Gasteiger partial charge is 0.359 e. The first kappa shape index (κ1) is 15.3. The fraction of sp³-hybridized carbons (Fsp3) is 0.125. The lowest BCUT2D eigenvalue weighted by Crippen LogP contribution is -2.03. The molecule has 8 nitrogen and oxygen atoms in total. The SMILES string of the molecule is Cn1cc(CNc2nc3sccn3c2[N+](=O)[O-])c(-c2ccccc2)n1. The van der Waals surface area contributed by atoms with Crippen LogP contribution in [0.5, 0.6) is 0 Å². The molecular formula is C16H14N6O2S.